The molecule has 0 aliphatic carbocycles. The Morgan fingerprint density at radius 1 is 1.42 bits per heavy atom. The molecule has 1 N–H and O–H groups in total. The van der Waals surface area contributed by atoms with Crippen LogP contribution in [0.1, 0.15) is 18.7 Å². The highest BCUT2D eigenvalue weighted by Crippen LogP contribution is 2.19. The van der Waals surface area contributed by atoms with Gasteiger partial charge in [0.05, 0.1) is 18.4 Å². The third-order valence-electron chi connectivity index (χ3n) is 3.87. The number of nitrogens with zero attached hydrogens (tertiary/aromatic N) is 3. The Labute approximate surface area is 138 Å². The maximum Gasteiger partial charge on any atom is 0.291 e. The number of rotatable bonds is 7. The normalized spacial score (nSPS) is 11.4. The van der Waals surface area contributed by atoms with Gasteiger partial charge in [0.25, 0.3) is 5.56 Å². The number of furan rings is 1. The molecular weight excluding hydrogens is 312 g/mol. The van der Waals surface area contributed by atoms with E-state index in [2.05, 4.69) is 10.4 Å². The van der Waals surface area contributed by atoms with Crippen molar-refractivity contribution in [3.63, 3.8) is 0 Å². The Morgan fingerprint density at radius 2 is 2.25 bits per heavy atom. The van der Waals surface area contributed by atoms with E-state index < -0.39 is 0 Å². The minimum atomic E-state index is -0.188. The lowest BCUT2D eigenvalue weighted by Gasteiger charge is -2.08. The fourth-order valence-electron chi connectivity index (χ4n) is 2.75. The number of hydrogen-bond acceptors (Lipinski definition) is 5. The molecule has 0 atom stereocenters. The summed E-state index contributed by atoms with van der Waals surface area (Å²) in [6, 6.07) is 3.53. The Kier molecular flexibility index (Phi) is 4.66. The Balaban J connectivity index is 1.72. The molecule has 0 spiro atoms. The molecule has 1 amide bonds. The fourth-order valence-corrected chi connectivity index (χ4v) is 2.75. The van der Waals surface area contributed by atoms with E-state index in [1.54, 1.807) is 23.8 Å². The average molecular weight is 332 g/mol. The van der Waals surface area contributed by atoms with Crippen molar-refractivity contribution in [3.05, 3.63) is 34.6 Å². The SMILES string of the molecule is COCCNC(=O)CCCn1nc(C)n2c(cc3occc32)c1=O. The van der Waals surface area contributed by atoms with E-state index in [0.717, 1.165) is 5.52 Å². The molecule has 24 heavy (non-hydrogen) atoms. The predicted molar refractivity (Wildman–Crippen MR) is 88.1 cm³/mol. The van der Waals surface area contributed by atoms with Gasteiger partial charge >= 0.3 is 0 Å². The maximum absolute atomic E-state index is 12.6. The Bertz CT molecular complexity index is 921. The van der Waals surface area contributed by atoms with E-state index in [4.69, 9.17) is 9.15 Å². The second-order valence-electron chi connectivity index (χ2n) is 5.56. The Morgan fingerprint density at radius 3 is 3.04 bits per heavy atom. The Hall–Kier alpha value is -2.61. The van der Waals surface area contributed by atoms with Crippen LogP contribution in [0.3, 0.4) is 0 Å². The molecule has 0 fully saturated rings. The second-order valence-corrected chi connectivity index (χ2v) is 5.56. The largest absolute Gasteiger partial charge is 0.463 e. The lowest BCUT2D eigenvalue weighted by atomic mass is 10.3. The van der Waals surface area contributed by atoms with Crippen LogP contribution in [-0.2, 0) is 16.1 Å². The van der Waals surface area contributed by atoms with Gasteiger partial charge in [0, 0.05) is 38.8 Å². The zero-order valence-electron chi connectivity index (χ0n) is 13.7. The molecule has 3 heterocycles. The smallest absolute Gasteiger partial charge is 0.291 e. The van der Waals surface area contributed by atoms with E-state index in [9.17, 15) is 9.59 Å². The number of methoxy groups -OCH3 is 1. The van der Waals surface area contributed by atoms with Crippen LogP contribution >= 0.6 is 0 Å². The van der Waals surface area contributed by atoms with Crippen LogP contribution in [0.2, 0.25) is 0 Å². The minimum Gasteiger partial charge on any atom is -0.463 e. The number of aromatic nitrogens is 3. The van der Waals surface area contributed by atoms with Crippen molar-refractivity contribution < 1.29 is 13.9 Å². The number of fused-ring (bicyclic) bond motifs is 3. The summed E-state index contributed by atoms with van der Waals surface area (Å²) in [6.07, 6.45) is 2.47. The second kappa shape index (κ2) is 6.88. The van der Waals surface area contributed by atoms with E-state index in [1.807, 2.05) is 13.0 Å². The topological polar surface area (TPSA) is 90.8 Å². The summed E-state index contributed by atoms with van der Waals surface area (Å²) in [5.41, 5.74) is 1.83. The monoisotopic (exact) mass is 332 g/mol. The van der Waals surface area contributed by atoms with Crippen LogP contribution in [-0.4, -0.2) is 40.3 Å². The molecule has 3 rings (SSSR count). The molecule has 3 aromatic heterocycles. The van der Waals surface area contributed by atoms with Crippen LogP contribution < -0.4 is 10.9 Å². The molecule has 3 aromatic rings. The molecule has 0 saturated carbocycles. The summed E-state index contributed by atoms with van der Waals surface area (Å²) in [5, 5.41) is 7.10. The first-order valence-corrected chi connectivity index (χ1v) is 7.84. The molecule has 0 aliphatic rings. The van der Waals surface area contributed by atoms with Gasteiger partial charge in [-0.1, -0.05) is 0 Å². The third-order valence-corrected chi connectivity index (χ3v) is 3.87. The van der Waals surface area contributed by atoms with Crippen molar-refractivity contribution in [2.45, 2.75) is 26.3 Å². The lowest BCUT2D eigenvalue weighted by molar-refractivity contribution is -0.121. The predicted octanol–water partition coefficient (Wildman–Crippen LogP) is 1.09. The van der Waals surface area contributed by atoms with Gasteiger partial charge in [-0.3, -0.25) is 14.0 Å². The number of aryl methyl sites for hydroxylation is 2. The van der Waals surface area contributed by atoms with Crippen LogP contribution in [0.25, 0.3) is 16.6 Å². The highest BCUT2D eigenvalue weighted by molar-refractivity contribution is 5.82. The number of hydrogen-bond donors (Lipinski definition) is 1. The van der Waals surface area contributed by atoms with E-state index in [1.165, 1.54) is 4.68 Å². The van der Waals surface area contributed by atoms with E-state index in [0.29, 0.717) is 49.5 Å². The zero-order chi connectivity index (χ0) is 17.1. The standard InChI is InChI=1S/C16H20N4O4/c1-11-18-19(7-3-4-15(21)17-6-9-23-2)16(22)13-10-14-12(20(11)13)5-8-24-14/h5,8,10H,3-4,6-7,9H2,1-2H3,(H,17,21). The van der Waals surface area contributed by atoms with Gasteiger partial charge < -0.3 is 14.5 Å². The molecular formula is C16H20N4O4. The van der Waals surface area contributed by atoms with Crippen molar-refractivity contribution in [2.75, 3.05) is 20.3 Å². The zero-order valence-corrected chi connectivity index (χ0v) is 13.7. The average Bonchev–Trinajstić information content (AvgIpc) is 3.13. The van der Waals surface area contributed by atoms with Crippen molar-refractivity contribution in [2.24, 2.45) is 0 Å². The van der Waals surface area contributed by atoms with Gasteiger partial charge in [0.1, 0.15) is 11.3 Å². The van der Waals surface area contributed by atoms with Crippen LogP contribution in [0.4, 0.5) is 0 Å². The number of amides is 1. The molecule has 0 radical (unpaired) electrons. The number of nitrogens with one attached hydrogen (secondary N) is 1. The molecule has 8 heteroatoms. The molecule has 0 bridgehead atoms. The summed E-state index contributed by atoms with van der Waals surface area (Å²) >= 11 is 0. The quantitative estimate of drug-likeness (QED) is 0.654. The minimum absolute atomic E-state index is 0.0573. The van der Waals surface area contributed by atoms with Crippen LogP contribution in [0, 0.1) is 6.92 Å². The molecule has 0 saturated heterocycles. The fraction of sp³-hybridized carbons (Fsp3) is 0.438. The van der Waals surface area contributed by atoms with E-state index >= 15 is 0 Å². The van der Waals surface area contributed by atoms with Gasteiger partial charge in [-0.2, -0.15) is 5.10 Å². The van der Waals surface area contributed by atoms with Crippen molar-refractivity contribution in [3.8, 4) is 0 Å². The summed E-state index contributed by atoms with van der Waals surface area (Å²) in [6.45, 7) is 3.20. The molecule has 128 valence electrons. The number of carbonyl (C=O) groups is 1. The number of carbonyl (C=O) groups excluding carboxylic acids is 1. The van der Waals surface area contributed by atoms with E-state index in [-0.39, 0.29) is 11.5 Å². The summed E-state index contributed by atoms with van der Waals surface area (Å²) in [5.74, 6) is 0.642. The maximum atomic E-state index is 12.6. The third kappa shape index (κ3) is 3.05. The summed E-state index contributed by atoms with van der Waals surface area (Å²) < 4.78 is 13.4. The molecule has 8 nitrogen and oxygen atoms in total. The molecule has 0 aromatic carbocycles. The van der Waals surface area contributed by atoms with Gasteiger partial charge in [-0.05, 0) is 13.3 Å². The lowest BCUT2D eigenvalue weighted by Crippen LogP contribution is -2.29. The first kappa shape index (κ1) is 16.3. The van der Waals surface area contributed by atoms with Crippen LogP contribution in [0.15, 0.2) is 27.6 Å². The van der Waals surface area contributed by atoms with Crippen molar-refractivity contribution in [1.82, 2.24) is 19.5 Å². The van der Waals surface area contributed by atoms with Gasteiger partial charge in [0.2, 0.25) is 5.91 Å². The first-order valence-electron chi connectivity index (χ1n) is 7.84. The first-order chi connectivity index (χ1) is 11.6. The summed E-state index contributed by atoms with van der Waals surface area (Å²) in [7, 11) is 1.58. The van der Waals surface area contributed by atoms with Gasteiger partial charge in [-0.25, -0.2) is 4.68 Å². The molecule has 0 unspecified atom stereocenters. The number of ether oxygens (including phenoxy) is 1. The van der Waals surface area contributed by atoms with Crippen molar-refractivity contribution >= 4 is 22.5 Å². The molecule has 0 aliphatic heterocycles. The highest BCUT2D eigenvalue weighted by Gasteiger charge is 2.13. The van der Waals surface area contributed by atoms with Crippen LogP contribution in [0.5, 0.6) is 0 Å². The highest BCUT2D eigenvalue weighted by atomic mass is 16.5. The summed E-state index contributed by atoms with van der Waals surface area (Å²) in [4.78, 5) is 24.2. The van der Waals surface area contributed by atoms with Crippen molar-refractivity contribution in [1.29, 1.82) is 0 Å². The van der Waals surface area contributed by atoms with Gasteiger partial charge in [0.15, 0.2) is 5.58 Å². The van der Waals surface area contributed by atoms with Gasteiger partial charge in [-0.15, -0.1) is 0 Å².